The Bertz CT molecular complexity index is 611. The summed E-state index contributed by atoms with van der Waals surface area (Å²) in [5.74, 6) is 2.50. The summed E-state index contributed by atoms with van der Waals surface area (Å²) in [5.41, 5.74) is 3.18. The van der Waals surface area contributed by atoms with Crippen LogP contribution in [0.4, 0.5) is 0 Å². The molecule has 1 aromatic heterocycles. The molecule has 3 aliphatic rings. The van der Waals surface area contributed by atoms with E-state index in [0.29, 0.717) is 18.0 Å². The molecule has 0 radical (unpaired) electrons. The summed E-state index contributed by atoms with van der Waals surface area (Å²) in [6.07, 6.45) is 7.71. The first-order chi connectivity index (χ1) is 10.6. The molecule has 2 saturated carbocycles. The van der Waals surface area contributed by atoms with Gasteiger partial charge in [0.1, 0.15) is 5.69 Å². The topological polar surface area (TPSA) is 62.0 Å². The molecule has 0 aromatic carbocycles. The number of hydrogen-bond acceptors (Lipinski definition) is 2. The third-order valence-electron chi connectivity index (χ3n) is 5.62. The third-order valence-corrected chi connectivity index (χ3v) is 5.62. The van der Waals surface area contributed by atoms with Gasteiger partial charge in [-0.05, 0) is 68.8 Å². The van der Waals surface area contributed by atoms with E-state index in [-0.39, 0.29) is 11.7 Å². The molecule has 118 valence electrons. The van der Waals surface area contributed by atoms with Crippen molar-refractivity contribution < 1.29 is 9.59 Å². The van der Waals surface area contributed by atoms with E-state index >= 15 is 0 Å². The zero-order valence-corrected chi connectivity index (χ0v) is 13.2. The Hall–Kier alpha value is -1.58. The van der Waals surface area contributed by atoms with Crippen LogP contribution in [-0.4, -0.2) is 23.2 Å². The molecule has 4 rings (SSSR count). The van der Waals surface area contributed by atoms with Gasteiger partial charge >= 0.3 is 0 Å². The van der Waals surface area contributed by atoms with Crippen LogP contribution in [0.5, 0.6) is 0 Å². The summed E-state index contributed by atoms with van der Waals surface area (Å²) in [6, 6.07) is 0. The van der Waals surface area contributed by atoms with E-state index in [2.05, 4.69) is 10.3 Å². The molecule has 0 spiro atoms. The first-order valence-electron chi connectivity index (χ1n) is 8.68. The molecule has 0 atom stereocenters. The van der Waals surface area contributed by atoms with Gasteiger partial charge in [0, 0.05) is 24.2 Å². The van der Waals surface area contributed by atoms with Gasteiger partial charge in [-0.3, -0.25) is 9.59 Å². The van der Waals surface area contributed by atoms with Crippen molar-refractivity contribution in [2.24, 2.45) is 17.8 Å². The number of hydrogen-bond donors (Lipinski definition) is 2. The van der Waals surface area contributed by atoms with Crippen molar-refractivity contribution in [3.8, 4) is 0 Å². The van der Waals surface area contributed by atoms with Crippen LogP contribution >= 0.6 is 0 Å². The van der Waals surface area contributed by atoms with Gasteiger partial charge in [0.05, 0.1) is 0 Å². The number of amides is 1. The molecule has 2 N–H and O–H groups in total. The van der Waals surface area contributed by atoms with Crippen LogP contribution in [0.1, 0.15) is 70.6 Å². The molecular formula is C18H24N2O2. The van der Waals surface area contributed by atoms with Crippen molar-refractivity contribution in [1.82, 2.24) is 10.3 Å². The number of aryl methyl sites for hydroxylation is 1. The third kappa shape index (κ3) is 2.49. The number of ketones is 1. The summed E-state index contributed by atoms with van der Waals surface area (Å²) in [6.45, 7) is 2.69. The predicted octanol–water partition coefficient (Wildman–Crippen LogP) is 3.01. The van der Waals surface area contributed by atoms with Crippen LogP contribution in [0.3, 0.4) is 0 Å². The first kappa shape index (κ1) is 14.0. The normalized spacial score (nSPS) is 21.1. The molecule has 1 aromatic rings. The van der Waals surface area contributed by atoms with Gasteiger partial charge in [0.15, 0.2) is 5.78 Å². The lowest BCUT2D eigenvalue weighted by atomic mass is 9.93. The highest BCUT2D eigenvalue weighted by Crippen LogP contribution is 2.48. The molecule has 4 heteroatoms. The minimum atomic E-state index is -0.0361. The fourth-order valence-corrected chi connectivity index (χ4v) is 4.07. The minimum Gasteiger partial charge on any atom is -0.354 e. The summed E-state index contributed by atoms with van der Waals surface area (Å²) in [7, 11) is 0. The Morgan fingerprint density at radius 2 is 1.91 bits per heavy atom. The van der Waals surface area contributed by atoms with Crippen molar-refractivity contribution in [3.05, 3.63) is 22.5 Å². The fraction of sp³-hybridized carbons (Fsp3) is 0.667. The number of aromatic amines is 1. The van der Waals surface area contributed by atoms with E-state index in [1.165, 1.54) is 25.7 Å². The van der Waals surface area contributed by atoms with Crippen molar-refractivity contribution >= 4 is 11.7 Å². The lowest BCUT2D eigenvalue weighted by Gasteiger charge is -2.16. The van der Waals surface area contributed by atoms with Crippen LogP contribution in [-0.2, 0) is 6.42 Å². The molecule has 4 nitrogen and oxygen atoms in total. The van der Waals surface area contributed by atoms with Crippen LogP contribution in [0, 0.1) is 24.7 Å². The molecule has 0 bridgehead atoms. The van der Waals surface area contributed by atoms with Gasteiger partial charge < -0.3 is 10.3 Å². The highest BCUT2D eigenvalue weighted by atomic mass is 16.2. The minimum absolute atomic E-state index is 0.0361. The van der Waals surface area contributed by atoms with E-state index in [4.69, 9.17) is 0 Å². The second-order valence-corrected chi connectivity index (χ2v) is 7.30. The second kappa shape index (κ2) is 5.25. The number of Topliss-reactive ketones (excluding diaryl/α,β-unsaturated/α-hetero) is 1. The van der Waals surface area contributed by atoms with E-state index in [9.17, 15) is 9.59 Å². The Balaban J connectivity index is 1.47. The fourth-order valence-electron chi connectivity index (χ4n) is 4.07. The van der Waals surface area contributed by atoms with Crippen LogP contribution in [0.25, 0.3) is 0 Å². The van der Waals surface area contributed by atoms with Crippen molar-refractivity contribution in [2.45, 2.75) is 51.9 Å². The lowest BCUT2D eigenvalue weighted by molar-refractivity contribution is 0.0937. The number of nitrogens with one attached hydrogen (secondary N) is 2. The van der Waals surface area contributed by atoms with Gasteiger partial charge in [-0.1, -0.05) is 0 Å². The van der Waals surface area contributed by atoms with Crippen molar-refractivity contribution in [3.63, 3.8) is 0 Å². The average Bonchev–Trinajstić information content (AvgIpc) is 3.39. The molecule has 3 aliphatic carbocycles. The highest BCUT2D eigenvalue weighted by Gasteiger charge is 2.41. The standard InChI is InChI=1S/C18H24N2O2/c1-10-16-14(3-2-4-15(16)21)20-17(10)18(22)19-9-13(11-5-6-11)12-7-8-12/h11-13,20H,2-9H2,1H3,(H,19,22). The number of rotatable bonds is 5. The summed E-state index contributed by atoms with van der Waals surface area (Å²) >= 11 is 0. The number of aromatic nitrogens is 1. The molecular weight excluding hydrogens is 276 g/mol. The lowest BCUT2D eigenvalue weighted by Crippen LogP contribution is -2.31. The quantitative estimate of drug-likeness (QED) is 0.878. The maximum absolute atomic E-state index is 12.5. The maximum Gasteiger partial charge on any atom is 0.268 e. The molecule has 22 heavy (non-hydrogen) atoms. The average molecular weight is 300 g/mol. The Labute approximate surface area is 131 Å². The first-order valence-corrected chi connectivity index (χ1v) is 8.68. The highest BCUT2D eigenvalue weighted by molar-refractivity contribution is 6.04. The van der Waals surface area contributed by atoms with Crippen LogP contribution in [0.2, 0.25) is 0 Å². The van der Waals surface area contributed by atoms with Gasteiger partial charge in [-0.25, -0.2) is 0 Å². The SMILES string of the molecule is Cc1c(C(=O)NCC(C2CC2)C2CC2)[nH]c2c1C(=O)CCC2. The summed E-state index contributed by atoms with van der Waals surface area (Å²) in [4.78, 5) is 27.8. The smallest absolute Gasteiger partial charge is 0.268 e. The summed E-state index contributed by atoms with van der Waals surface area (Å²) < 4.78 is 0. The van der Waals surface area contributed by atoms with Gasteiger partial charge in [-0.2, -0.15) is 0 Å². The van der Waals surface area contributed by atoms with E-state index < -0.39 is 0 Å². The van der Waals surface area contributed by atoms with Gasteiger partial charge in [-0.15, -0.1) is 0 Å². The Morgan fingerprint density at radius 3 is 2.50 bits per heavy atom. The summed E-state index contributed by atoms with van der Waals surface area (Å²) in [5, 5.41) is 3.13. The molecule has 1 amide bonds. The predicted molar refractivity (Wildman–Crippen MR) is 84.1 cm³/mol. The largest absolute Gasteiger partial charge is 0.354 e. The Kier molecular flexibility index (Phi) is 3.35. The number of H-pyrrole nitrogens is 1. The zero-order valence-electron chi connectivity index (χ0n) is 13.2. The second-order valence-electron chi connectivity index (χ2n) is 7.30. The monoisotopic (exact) mass is 300 g/mol. The zero-order chi connectivity index (χ0) is 15.3. The molecule has 0 saturated heterocycles. The van der Waals surface area contributed by atoms with Crippen LogP contribution in [0.15, 0.2) is 0 Å². The number of carbonyl (C=O) groups excluding carboxylic acids is 2. The van der Waals surface area contributed by atoms with E-state index in [1.807, 2.05) is 6.92 Å². The maximum atomic E-state index is 12.5. The van der Waals surface area contributed by atoms with E-state index in [0.717, 1.165) is 48.0 Å². The van der Waals surface area contributed by atoms with E-state index in [1.54, 1.807) is 0 Å². The molecule has 2 fully saturated rings. The molecule has 0 aliphatic heterocycles. The number of carbonyl (C=O) groups is 2. The Morgan fingerprint density at radius 1 is 1.23 bits per heavy atom. The van der Waals surface area contributed by atoms with Crippen molar-refractivity contribution in [2.75, 3.05) is 6.54 Å². The van der Waals surface area contributed by atoms with Gasteiger partial charge in [0.2, 0.25) is 0 Å². The van der Waals surface area contributed by atoms with Gasteiger partial charge in [0.25, 0.3) is 5.91 Å². The molecule has 1 heterocycles. The van der Waals surface area contributed by atoms with Crippen molar-refractivity contribution in [1.29, 1.82) is 0 Å². The van der Waals surface area contributed by atoms with Crippen LogP contribution < -0.4 is 5.32 Å². The number of fused-ring (bicyclic) bond motifs is 1. The molecule has 0 unspecified atom stereocenters.